The van der Waals surface area contributed by atoms with Crippen molar-refractivity contribution >= 4 is 5.82 Å². The van der Waals surface area contributed by atoms with E-state index in [0.29, 0.717) is 35.8 Å². The van der Waals surface area contributed by atoms with Crippen LogP contribution in [0, 0.1) is 12.7 Å². The van der Waals surface area contributed by atoms with E-state index in [1.807, 2.05) is 16.7 Å². The Labute approximate surface area is 198 Å². The molecule has 5 heterocycles. The van der Waals surface area contributed by atoms with E-state index < -0.39 is 24.0 Å². The van der Waals surface area contributed by atoms with Crippen molar-refractivity contribution in [2.45, 2.75) is 32.9 Å². The number of pyridine rings is 3. The molecule has 0 fully saturated rings. The van der Waals surface area contributed by atoms with Crippen LogP contribution in [0.25, 0.3) is 22.5 Å². The number of alkyl halides is 2. The second-order valence-corrected chi connectivity index (χ2v) is 8.39. The first-order valence-electron chi connectivity index (χ1n) is 11.0. The maximum atomic E-state index is 14.7. The molecule has 0 aromatic carbocycles. The highest BCUT2D eigenvalue weighted by Crippen LogP contribution is 2.35. The van der Waals surface area contributed by atoms with Crippen molar-refractivity contribution in [3.63, 3.8) is 0 Å². The van der Waals surface area contributed by atoms with Crippen LogP contribution < -0.4 is 16.4 Å². The van der Waals surface area contributed by atoms with Crippen molar-refractivity contribution in [3.8, 4) is 22.5 Å². The number of hydrogen-bond acceptors (Lipinski definition) is 6. The molecule has 0 saturated heterocycles. The third-order valence-electron chi connectivity index (χ3n) is 6.05. The first-order chi connectivity index (χ1) is 16.7. The Morgan fingerprint density at radius 1 is 1.17 bits per heavy atom. The van der Waals surface area contributed by atoms with E-state index in [9.17, 15) is 18.0 Å². The Kier molecular flexibility index (Phi) is 5.62. The largest absolute Gasteiger partial charge is 0.369 e. The normalized spacial score (nSPS) is 14.4. The smallest absolute Gasteiger partial charge is 0.283 e. The van der Waals surface area contributed by atoms with Crippen molar-refractivity contribution < 1.29 is 13.2 Å². The fraction of sp³-hybridized carbons (Fsp3) is 0.292. The van der Waals surface area contributed by atoms with Crippen LogP contribution in [0.3, 0.4) is 0 Å². The molecular weight excluding hydrogens is 459 g/mol. The highest BCUT2D eigenvalue weighted by atomic mass is 19.3. The van der Waals surface area contributed by atoms with E-state index in [-0.39, 0.29) is 11.1 Å². The average molecular weight is 481 g/mol. The van der Waals surface area contributed by atoms with Crippen LogP contribution in [0.5, 0.6) is 0 Å². The van der Waals surface area contributed by atoms with Gasteiger partial charge in [0.15, 0.2) is 11.3 Å². The van der Waals surface area contributed by atoms with Crippen molar-refractivity contribution in [3.05, 3.63) is 75.4 Å². The van der Waals surface area contributed by atoms with E-state index in [1.165, 1.54) is 10.6 Å². The van der Waals surface area contributed by atoms with Gasteiger partial charge in [-0.25, -0.2) is 23.1 Å². The number of aryl methyl sites for hydroxylation is 2. The Morgan fingerprint density at radius 2 is 1.97 bits per heavy atom. The van der Waals surface area contributed by atoms with E-state index in [2.05, 4.69) is 25.3 Å². The molecule has 2 aromatic heterocycles. The van der Waals surface area contributed by atoms with Crippen LogP contribution in [-0.2, 0) is 13.6 Å². The molecule has 0 radical (unpaired) electrons. The summed E-state index contributed by atoms with van der Waals surface area (Å²) in [5.41, 5.74) is 1.36. The summed E-state index contributed by atoms with van der Waals surface area (Å²) in [5.74, 6) is 0.855. The molecule has 8 nitrogen and oxygen atoms in total. The number of nitrogens with zero attached hydrogens (tertiary/aromatic N) is 6. The second-order valence-electron chi connectivity index (χ2n) is 8.39. The predicted molar refractivity (Wildman–Crippen MR) is 124 cm³/mol. The molecule has 1 unspecified atom stereocenters. The monoisotopic (exact) mass is 481 g/mol. The second kappa shape index (κ2) is 8.64. The lowest BCUT2D eigenvalue weighted by molar-refractivity contribution is 0.140. The van der Waals surface area contributed by atoms with Crippen LogP contribution in [0.15, 0.2) is 46.4 Å². The first-order valence-corrected chi connectivity index (χ1v) is 11.0. The molecule has 1 atom stereocenters. The molecular formula is C24H22F3N7O. The predicted octanol–water partition coefficient (Wildman–Crippen LogP) is 3.62. The fourth-order valence-corrected chi connectivity index (χ4v) is 4.28. The summed E-state index contributed by atoms with van der Waals surface area (Å²) in [6.45, 7) is 4.67. The fourth-order valence-electron chi connectivity index (χ4n) is 4.28. The molecule has 0 bridgehead atoms. The summed E-state index contributed by atoms with van der Waals surface area (Å²) in [4.78, 5) is 29.5. The quantitative estimate of drug-likeness (QED) is 0.481. The van der Waals surface area contributed by atoms with Gasteiger partial charge in [0, 0.05) is 49.7 Å². The number of aromatic nitrogens is 5. The lowest BCUT2D eigenvalue weighted by atomic mass is 10.0. The molecule has 35 heavy (non-hydrogen) atoms. The van der Waals surface area contributed by atoms with Gasteiger partial charge in [-0.1, -0.05) is 0 Å². The molecule has 180 valence electrons. The molecule has 0 amide bonds. The van der Waals surface area contributed by atoms with Gasteiger partial charge in [0.1, 0.15) is 23.2 Å². The lowest BCUT2D eigenvalue weighted by Crippen LogP contribution is -2.21. The van der Waals surface area contributed by atoms with Crippen LogP contribution in [0.1, 0.15) is 36.5 Å². The van der Waals surface area contributed by atoms with Crippen molar-refractivity contribution in [2.24, 2.45) is 12.0 Å². The highest BCUT2D eigenvalue weighted by molar-refractivity contribution is 5.82. The minimum Gasteiger partial charge on any atom is -0.369 e. The van der Waals surface area contributed by atoms with Gasteiger partial charge in [0.2, 0.25) is 0 Å². The number of halogens is 3. The van der Waals surface area contributed by atoms with E-state index in [0.717, 1.165) is 23.1 Å². The molecule has 0 aliphatic carbocycles. The Morgan fingerprint density at radius 3 is 2.71 bits per heavy atom. The summed E-state index contributed by atoms with van der Waals surface area (Å²) in [5, 5.41) is 3.36. The first kappa shape index (κ1) is 22.8. The number of anilines is 1. The summed E-state index contributed by atoms with van der Waals surface area (Å²) >= 11 is 0. The molecule has 5 rings (SSSR count). The van der Waals surface area contributed by atoms with Gasteiger partial charge in [-0.15, -0.1) is 0 Å². The molecule has 0 saturated carbocycles. The van der Waals surface area contributed by atoms with Crippen LogP contribution in [0.4, 0.5) is 19.0 Å². The standard InChI is InChI=1S/C24H22F3N7O/c1-12(15-4-6-28-20(19(15)25)21(26)27)30-22-17-11-16(14-5-8-33(3)18(35)10-14)23-29-7-9-34(23)24(17)32-13(2)31-22/h4-6,8,10-12,21,29H,7,9H2,1-3H3. The van der Waals surface area contributed by atoms with Gasteiger partial charge in [0.25, 0.3) is 12.0 Å². The van der Waals surface area contributed by atoms with Crippen LogP contribution in [0.2, 0.25) is 0 Å². The zero-order valence-electron chi connectivity index (χ0n) is 19.3. The SMILES string of the molecule is Cc1nc2n3c(c(-c4ccn(C)c(=O)c4)cc-2c(=NC(C)c2ccnc(C(F)F)c2F)n1)NCC3. The van der Waals surface area contributed by atoms with Gasteiger partial charge >= 0.3 is 0 Å². The van der Waals surface area contributed by atoms with E-state index in [4.69, 9.17) is 0 Å². The number of hydrogen-bond donors (Lipinski definition) is 1. The van der Waals surface area contributed by atoms with Crippen molar-refractivity contribution in [1.82, 2.24) is 24.1 Å². The van der Waals surface area contributed by atoms with Crippen molar-refractivity contribution in [1.29, 1.82) is 0 Å². The Bertz CT molecular complexity index is 1540. The highest BCUT2D eigenvalue weighted by Gasteiger charge is 2.25. The van der Waals surface area contributed by atoms with E-state index in [1.54, 1.807) is 33.2 Å². The van der Waals surface area contributed by atoms with Gasteiger partial charge in [-0.3, -0.25) is 14.8 Å². The maximum Gasteiger partial charge on any atom is 0.283 e. The van der Waals surface area contributed by atoms with Crippen molar-refractivity contribution in [2.75, 3.05) is 11.9 Å². The number of fused-ring (bicyclic) bond motifs is 3. The summed E-state index contributed by atoms with van der Waals surface area (Å²) in [6.07, 6.45) is -0.186. The molecule has 3 aliphatic rings. The Balaban J connectivity index is 1.74. The maximum absolute atomic E-state index is 14.7. The molecule has 11 heteroatoms. The topological polar surface area (TPSA) is 90.0 Å². The van der Waals surface area contributed by atoms with Gasteiger partial charge in [-0.2, -0.15) is 0 Å². The molecule has 2 aromatic rings. The molecule has 1 N–H and O–H groups in total. The van der Waals surface area contributed by atoms with Crippen LogP contribution in [-0.4, -0.2) is 30.6 Å². The minimum absolute atomic E-state index is 0.00183. The minimum atomic E-state index is -3.03. The third kappa shape index (κ3) is 3.96. The van der Waals surface area contributed by atoms with Gasteiger partial charge in [-0.05, 0) is 37.6 Å². The third-order valence-corrected chi connectivity index (χ3v) is 6.05. The number of nitrogens with one attached hydrogen (secondary N) is 1. The van der Waals surface area contributed by atoms with Gasteiger partial charge < -0.3 is 14.5 Å². The van der Waals surface area contributed by atoms with Gasteiger partial charge in [0.05, 0.1) is 11.6 Å². The zero-order valence-corrected chi connectivity index (χ0v) is 19.3. The van der Waals surface area contributed by atoms with E-state index >= 15 is 0 Å². The zero-order chi connectivity index (χ0) is 24.9. The summed E-state index contributed by atoms with van der Waals surface area (Å²) in [7, 11) is 1.68. The molecule has 3 aliphatic heterocycles. The Hall–Kier alpha value is -4.02. The molecule has 0 spiro atoms. The summed E-state index contributed by atoms with van der Waals surface area (Å²) in [6, 6.07) is 5.78. The average Bonchev–Trinajstić information content (AvgIpc) is 3.31. The number of rotatable bonds is 4. The van der Waals surface area contributed by atoms with Crippen LogP contribution >= 0.6 is 0 Å². The summed E-state index contributed by atoms with van der Waals surface area (Å²) < 4.78 is 44.5. The lowest BCUT2D eigenvalue weighted by Gasteiger charge is -2.18.